The molecule has 0 bridgehead atoms. The zero-order chi connectivity index (χ0) is 13.1. The Morgan fingerprint density at radius 3 is 2.71 bits per heavy atom. The van der Waals surface area contributed by atoms with Crippen molar-refractivity contribution in [3.8, 4) is 0 Å². The standard InChI is InChI=1S/C12H23N3O2/c1-2-3-4-5-8-11(14)15-10(12(16)17)7-6-9-13/h4-5,10H,2-3,6-9,13H2,1H3,(H2,14,15)(H,16,17)/t10-/m0/s1. The minimum absolute atomic E-state index is 0.363. The van der Waals surface area contributed by atoms with Gasteiger partial charge in [-0.3, -0.25) is 4.99 Å². The number of aliphatic imine (C=N–C) groups is 1. The highest BCUT2D eigenvalue weighted by molar-refractivity contribution is 5.85. The first-order chi connectivity index (χ1) is 8.11. The van der Waals surface area contributed by atoms with E-state index in [0.29, 0.717) is 31.6 Å². The first kappa shape index (κ1) is 15.6. The average molecular weight is 241 g/mol. The number of aliphatic carboxylic acids is 1. The lowest BCUT2D eigenvalue weighted by atomic mass is 10.1. The van der Waals surface area contributed by atoms with Crippen LogP contribution >= 0.6 is 0 Å². The smallest absolute Gasteiger partial charge is 0.328 e. The fourth-order valence-electron chi connectivity index (χ4n) is 1.30. The van der Waals surface area contributed by atoms with Gasteiger partial charge in [-0.25, -0.2) is 4.79 Å². The number of hydrogen-bond acceptors (Lipinski definition) is 3. The molecule has 0 aromatic carbocycles. The Morgan fingerprint density at radius 2 is 2.18 bits per heavy atom. The summed E-state index contributed by atoms with van der Waals surface area (Å²) < 4.78 is 0. The molecule has 0 aromatic heterocycles. The van der Waals surface area contributed by atoms with Crippen LogP contribution in [0.1, 0.15) is 39.0 Å². The monoisotopic (exact) mass is 241 g/mol. The molecule has 0 unspecified atom stereocenters. The number of unbranched alkanes of at least 4 members (excludes halogenated alkanes) is 1. The van der Waals surface area contributed by atoms with Gasteiger partial charge in [0, 0.05) is 6.42 Å². The van der Waals surface area contributed by atoms with Crippen molar-refractivity contribution in [2.45, 2.75) is 45.1 Å². The molecule has 5 nitrogen and oxygen atoms in total. The summed E-state index contributed by atoms with van der Waals surface area (Å²) in [5.41, 5.74) is 11.0. The number of carboxylic acid groups (broad SMARTS) is 1. The van der Waals surface area contributed by atoms with Crippen LogP contribution in [0.15, 0.2) is 17.1 Å². The summed E-state index contributed by atoms with van der Waals surface area (Å²) in [7, 11) is 0. The maximum absolute atomic E-state index is 10.9. The molecular weight excluding hydrogens is 218 g/mol. The van der Waals surface area contributed by atoms with Crippen molar-refractivity contribution in [2.24, 2.45) is 16.5 Å². The van der Waals surface area contributed by atoms with Crippen molar-refractivity contribution in [3.05, 3.63) is 12.2 Å². The zero-order valence-electron chi connectivity index (χ0n) is 10.4. The predicted molar refractivity (Wildman–Crippen MR) is 70.0 cm³/mol. The van der Waals surface area contributed by atoms with Crippen molar-refractivity contribution in [1.29, 1.82) is 0 Å². The first-order valence-corrected chi connectivity index (χ1v) is 6.01. The number of hydrogen-bond donors (Lipinski definition) is 3. The molecule has 5 N–H and O–H groups in total. The average Bonchev–Trinajstić information content (AvgIpc) is 2.29. The van der Waals surface area contributed by atoms with Gasteiger partial charge in [-0.1, -0.05) is 25.5 Å². The summed E-state index contributed by atoms with van der Waals surface area (Å²) in [6.45, 7) is 2.56. The number of carboxylic acids is 1. The lowest BCUT2D eigenvalue weighted by molar-refractivity contribution is -0.138. The summed E-state index contributed by atoms with van der Waals surface area (Å²) in [5, 5.41) is 8.94. The fourth-order valence-corrected chi connectivity index (χ4v) is 1.30. The molecule has 0 heterocycles. The molecule has 17 heavy (non-hydrogen) atoms. The first-order valence-electron chi connectivity index (χ1n) is 6.01. The summed E-state index contributed by atoms with van der Waals surface area (Å²) >= 11 is 0. The summed E-state index contributed by atoms with van der Waals surface area (Å²) in [6, 6.07) is -0.766. The number of nitrogens with zero attached hydrogens (tertiary/aromatic N) is 1. The lowest BCUT2D eigenvalue weighted by Crippen LogP contribution is -2.23. The second-order valence-electron chi connectivity index (χ2n) is 3.87. The van der Waals surface area contributed by atoms with Gasteiger partial charge in [-0.2, -0.15) is 0 Å². The molecule has 0 aliphatic heterocycles. The molecular formula is C12H23N3O2. The van der Waals surface area contributed by atoms with Crippen LogP contribution in [-0.4, -0.2) is 29.5 Å². The molecule has 0 radical (unpaired) electrons. The van der Waals surface area contributed by atoms with E-state index in [2.05, 4.69) is 11.9 Å². The number of nitrogens with two attached hydrogens (primary N) is 2. The summed E-state index contributed by atoms with van der Waals surface area (Å²) in [6.07, 6.45) is 7.61. The van der Waals surface area contributed by atoms with Crippen LogP contribution in [0.25, 0.3) is 0 Å². The van der Waals surface area contributed by atoms with Crippen molar-refractivity contribution in [3.63, 3.8) is 0 Å². The van der Waals surface area contributed by atoms with Gasteiger partial charge in [0.25, 0.3) is 0 Å². The van der Waals surface area contributed by atoms with Crippen LogP contribution in [-0.2, 0) is 4.79 Å². The predicted octanol–water partition coefficient (Wildman–Crippen LogP) is 1.28. The molecule has 1 atom stereocenters. The van der Waals surface area contributed by atoms with E-state index in [-0.39, 0.29) is 0 Å². The Balaban J connectivity index is 4.23. The van der Waals surface area contributed by atoms with Gasteiger partial charge in [0.2, 0.25) is 0 Å². The van der Waals surface area contributed by atoms with Gasteiger partial charge in [0.15, 0.2) is 0 Å². The van der Waals surface area contributed by atoms with Crippen molar-refractivity contribution >= 4 is 11.8 Å². The number of amidine groups is 1. The topological polar surface area (TPSA) is 102 Å². The third-order valence-electron chi connectivity index (χ3n) is 2.24. The molecule has 0 rings (SSSR count). The second kappa shape index (κ2) is 9.84. The largest absolute Gasteiger partial charge is 0.480 e. The Morgan fingerprint density at radius 1 is 1.47 bits per heavy atom. The maximum Gasteiger partial charge on any atom is 0.328 e. The minimum atomic E-state index is -0.945. The lowest BCUT2D eigenvalue weighted by Gasteiger charge is -2.07. The Bertz CT molecular complexity index is 275. The van der Waals surface area contributed by atoms with Crippen molar-refractivity contribution < 1.29 is 9.90 Å². The Hall–Kier alpha value is -1.36. The van der Waals surface area contributed by atoms with Crippen LogP contribution in [0.2, 0.25) is 0 Å². The summed E-state index contributed by atoms with van der Waals surface area (Å²) in [5.74, 6) is -0.583. The van der Waals surface area contributed by atoms with Gasteiger partial charge >= 0.3 is 5.97 Å². The van der Waals surface area contributed by atoms with E-state index in [1.54, 1.807) is 0 Å². The Labute approximate surface area is 103 Å². The maximum atomic E-state index is 10.9. The van der Waals surface area contributed by atoms with Crippen LogP contribution in [0.5, 0.6) is 0 Å². The van der Waals surface area contributed by atoms with Crippen LogP contribution in [0.3, 0.4) is 0 Å². The number of carbonyl (C=O) groups is 1. The molecule has 0 amide bonds. The quantitative estimate of drug-likeness (QED) is 0.321. The number of allylic oxidation sites excluding steroid dienone is 1. The van der Waals surface area contributed by atoms with Crippen LogP contribution in [0, 0.1) is 0 Å². The van der Waals surface area contributed by atoms with E-state index in [1.165, 1.54) is 0 Å². The van der Waals surface area contributed by atoms with Crippen molar-refractivity contribution in [2.75, 3.05) is 6.54 Å². The fraction of sp³-hybridized carbons (Fsp3) is 0.667. The molecule has 0 fully saturated rings. The highest BCUT2D eigenvalue weighted by Gasteiger charge is 2.15. The van der Waals surface area contributed by atoms with E-state index in [4.69, 9.17) is 16.6 Å². The van der Waals surface area contributed by atoms with E-state index >= 15 is 0 Å². The normalized spacial score (nSPS) is 14.1. The SMILES string of the molecule is CCCC=CCC(N)=N[C@@H](CCCN)C(=O)O. The summed E-state index contributed by atoms with van der Waals surface area (Å²) in [4.78, 5) is 14.9. The van der Waals surface area contributed by atoms with Gasteiger partial charge in [-0.05, 0) is 25.8 Å². The second-order valence-corrected chi connectivity index (χ2v) is 3.87. The molecule has 0 aromatic rings. The third kappa shape index (κ3) is 8.45. The third-order valence-corrected chi connectivity index (χ3v) is 2.24. The highest BCUT2D eigenvalue weighted by Crippen LogP contribution is 2.03. The van der Waals surface area contributed by atoms with Crippen LogP contribution in [0.4, 0.5) is 0 Å². The van der Waals surface area contributed by atoms with Gasteiger partial charge in [-0.15, -0.1) is 0 Å². The molecule has 0 aliphatic carbocycles. The molecule has 98 valence electrons. The molecule has 0 aliphatic rings. The van der Waals surface area contributed by atoms with Gasteiger partial charge in [0.05, 0.1) is 5.84 Å². The highest BCUT2D eigenvalue weighted by atomic mass is 16.4. The zero-order valence-corrected chi connectivity index (χ0v) is 10.4. The number of rotatable bonds is 9. The van der Waals surface area contributed by atoms with E-state index in [0.717, 1.165) is 12.8 Å². The Kier molecular flexibility index (Phi) is 9.05. The molecule has 5 heteroatoms. The van der Waals surface area contributed by atoms with Crippen molar-refractivity contribution in [1.82, 2.24) is 0 Å². The molecule has 0 saturated carbocycles. The van der Waals surface area contributed by atoms with E-state index < -0.39 is 12.0 Å². The van der Waals surface area contributed by atoms with Gasteiger partial charge < -0.3 is 16.6 Å². The molecule has 0 spiro atoms. The van der Waals surface area contributed by atoms with Crippen LogP contribution < -0.4 is 11.5 Å². The molecule has 0 saturated heterocycles. The van der Waals surface area contributed by atoms with E-state index in [1.807, 2.05) is 12.2 Å². The van der Waals surface area contributed by atoms with E-state index in [9.17, 15) is 4.79 Å². The minimum Gasteiger partial charge on any atom is -0.480 e. The van der Waals surface area contributed by atoms with Gasteiger partial charge in [0.1, 0.15) is 6.04 Å².